The zero-order valence-electron chi connectivity index (χ0n) is 11.4. The lowest BCUT2D eigenvalue weighted by Gasteiger charge is -2.33. The van der Waals surface area contributed by atoms with Gasteiger partial charge in [0, 0.05) is 32.7 Å². The van der Waals surface area contributed by atoms with Gasteiger partial charge in [0.25, 0.3) is 0 Å². The van der Waals surface area contributed by atoms with Crippen LogP contribution in [0.25, 0.3) is 6.08 Å². The molecular weight excluding hydrogens is 220 g/mol. The van der Waals surface area contributed by atoms with E-state index in [0.717, 1.165) is 6.54 Å². The molecule has 1 aliphatic heterocycles. The van der Waals surface area contributed by atoms with Crippen LogP contribution in [0.1, 0.15) is 18.9 Å². The first kappa shape index (κ1) is 13.3. The molecule has 0 N–H and O–H groups in total. The minimum atomic E-state index is 1.08. The van der Waals surface area contributed by atoms with Crippen LogP contribution >= 0.6 is 0 Å². The lowest BCUT2D eigenvalue weighted by atomic mass is 10.2. The predicted octanol–water partition coefficient (Wildman–Crippen LogP) is 2.73. The molecule has 0 aliphatic carbocycles. The fraction of sp³-hybridized carbons (Fsp3) is 0.500. The van der Waals surface area contributed by atoms with E-state index in [1.54, 1.807) is 0 Å². The quantitative estimate of drug-likeness (QED) is 0.786. The number of hydrogen-bond donors (Lipinski definition) is 0. The predicted molar refractivity (Wildman–Crippen MR) is 78.6 cm³/mol. The molecule has 0 atom stereocenters. The van der Waals surface area contributed by atoms with Crippen molar-refractivity contribution in [1.82, 2.24) is 9.80 Å². The highest BCUT2D eigenvalue weighted by molar-refractivity contribution is 5.48. The Morgan fingerprint density at radius 1 is 1.00 bits per heavy atom. The molecule has 0 spiro atoms. The molecule has 2 heteroatoms. The number of piperazine rings is 1. The van der Waals surface area contributed by atoms with E-state index in [4.69, 9.17) is 0 Å². The molecule has 98 valence electrons. The van der Waals surface area contributed by atoms with Crippen molar-refractivity contribution in [1.29, 1.82) is 0 Å². The summed E-state index contributed by atoms with van der Waals surface area (Å²) in [4.78, 5) is 5.10. The smallest absolute Gasteiger partial charge is 0.0167 e. The molecule has 0 unspecified atom stereocenters. The molecule has 0 amide bonds. The lowest BCUT2D eigenvalue weighted by Crippen LogP contribution is -2.46. The number of benzene rings is 1. The highest BCUT2D eigenvalue weighted by atomic mass is 15.3. The van der Waals surface area contributed by atoms with Gasteiger partial charge in [-0.3, -0.25) is 4.90 Å². The van der Waals surface area contributed by atoms with Gasteiger partial charge in [-0.25, -0.2) is 0 Å². The van der Waals surface area contributed by atoms with Crippen LogP contribution in [0, 0.1) is 0 Å². The Kier molecular flexibility index (Phi) is 5.43. The summed E-state index contributed by atoms with van der Waals surface area (Å²) in [5.41, 5.74) is 1.29. The summed E-state index contributed by atoms with van der Waals surface area (Å²) in [6.07, 6.45) is 5.77. The molecule has 1 aromatic carbocycles. The maximum Gasteiger partial charge on any atom is 0.0167 e. The van der Waals surface area contributed by atoms with Crippen LogP contribution in [0.3, 0.4) is 0 Å². The van der Waals surface area contributed by atoms with Gasteiger partial charge in [-0.05, 0) is 18.5 Å². The van der Waals surface area contributed by atoms with Gasteiger partial charge in [-0.1, -0.05) is 49.4 Å². The summed E-state index contributed by atoms with van der Waals surface area (Å²) >= 11 is 0. The molecule has 0 radical (unpaired) electrons. The van der Waals surface area contributed by atoms with Gasteiger partial charge in [0.2, 0.25) is 0 Å². The Balaban J connectivity index is 1.71. The third-order valence-corrected chi connectivity index (χ3v) is 3.48. The van der Waals surface area contributed by atoms with Crippen LogP contribution < -0.4 is 0 Å². The van der Waals surface area contributed by atoms with E-state index in [1.165, 1.54) is 44.7 Å². The monoisotopic (exact) mass is 244 g/mol. The topological polar surface area (TPSA) is 6.48 Å². The van der Waals surface area contributed by atoms with Crippen LogP contribution in [0.2, 0.25) is 0 Å². The lowest BCUT2D eigenvalue weighted by molar-refractivity contribution is 0.143. The van der Waals surface area contributed by atoms with E-state index in [0.29, 0.717) is 0 Å². The molecule has 0 bridgehead atoms. The summed E-state index contributed by atoms with van der Waals surface area (Å²) in [5.74, 6) is 0. The summed E-state index contributed by atoms with van der Waals surface area (Å²) in [7, 11) is 0. The van der Waals surface area contributed by atoms with Crippen molar-refractivity contribution in [3.63, 3.8) is 0 Å². The molecule has 1 aliphatic rings. The maximum absolute atomic E-state index is 2.57. The largest absolute Gasteiger partial charge is 0.301 e. The van der Waals surface area contributed by atoms with Crippen molar-refractivity contribution < 1.29 is 0 Å². The molecule has 1 aromatic rings. The first-order valence-electron chi connectivity index (χ1n) is 7.05. The molecule has 1 fully saturated rings. The summed E-state index contributed by atoms with van der Waals surface area (Å²) in [6, 6.07) is 10.5. The summed E-state index contributed by atoms with van der Waals surface area (Å²) in [6.45, 7) is 9.47. The van der Waals surface area contributed by atoms with E-state index in [9.17, 15) is 0 Å². The average Bonchev–Trinajstić information content (AvgIpc) is 2.42. The molecule has 0 saturated carbocycles. The summed E-state index contributed by atoms with van der Waals surface area (Å²) < 4.78 is 0. The highest BCUT2D eigenvalue weighted by Gasteiger charge is 2.14. The minimum absolute atomic E-state index is 1.08. The van der Waals surface area contributed by atoms with Crippen molar-refractivity contribution in [2.45, 2.75) is 13.3 Å². The zero-order chi connectivity index (χ0) is 12.6. The summed E-state index contributed by atoms with van der Waals surface area (Å²) in [5, 5.41) is 0. The molecule has 0 aromatic heterocycles. The Bertz CT molecular complexity index is 351. The molecule has 2 nitrogen and oxygen atoms in total. The number of hydrogen-bond acceptors (Lipinski definition) is 2. The van der Waals surface area contributed by atoms with Gasteiger partial charge >= 0.3 is 0 Å². The van der Waals surface area contributed by atoms with Gasteiger partial charge in [-0.15, -0.1) is 0 Å². The highest BCUT2D eigenvalue weighted by Crippen LogP contribution is 2.04. The van der Waals surface area contributed by atoms with Crippen molar-refractivity contribution in [2.75, 3.05) is 39.3 Å². The molecular formula is C16H24N2. The fourth-order valence-corrected chi connectivity index (χ4v) is 2.41. The standard InChI is InChI=1S/C16H24N2/c1-2-10-17-12-14-18(15-13-17)11-6-9-16-7-4-3-5-8-16/h3-9H,2,10-15H2,1H3. The molecule has 1 saturated heterocycles. The Morgan fingerprint density at radius 3 is 2.33 bits per heavy atom. The van der Waals surface area contributed by atoms with Crippen molar-refractivity contribution in [3.05, 3.63) is 42.0 Å². The molecule has 2 rings (SSSR count). The number of rotatable bonds is 5. The Hall–Kier alpha value is -1.12. The van der Waals surface area contributed by atoms with E-state index < -0.39 is 0 Å². The van der Waals surface area contributed by atoms with Gasteiger partial charge in [0.1, 0.15) is 0 Å². The molecule has 18 heavy (non-hydrogen) atoms. The third kappa shape index (κ3) is 4.28. The van der Waals surface area contributed by atoms with Crippen LogP contribution in [0.15, 0.2) is 36.4 Å². The van der Waals surface area contributed by atoms with E-state index in [2.05, 4.69) is 59.2 Å². The first-order valence-corrected chi connectivity index (χ1v) is 7.05. The molecule has 1 heterocycles. The normalized spacial score (nSPS) is 18.5. The van der Waals surface area contributed by atoms with Gasteiger partial charge in [0.05, 0.1) is 0 Å². The van der Waals surface area contributed by atoms with Crippen LogP contribution in [0.5, 0.6) is 0 Å². The van der Waals surface area contributed by atoms with Crippen LogP contribution in [-0.2, 0) is 0 Å². The SMILES string of the molecule is CCCN1CCN(CC=Cc2ccccc2)CC1. The van der Waals surface area contributed by atoms with Crippen LogP contribution in [0.4, 0.5) is 0 Å². The first-order chi connectivity index (χ1) is 8.88. The van der Waals surface area contributed by atoms with Gasteiger partial charge in [-0.2, -0.15) is 0 Å². The fourth-order valence-electron chi connectivity index (χ4n) is 2.41. The Morgan fingerprint density at radius 2 is 1.67 bits per heavy atom. The van der Waals surface area contributed by atoms with Crippen molar-refractivity contribution >= 4 is 6.08 Å². The van der Waals surface area contributed by atoms with E-state index in [-0.39, 0.29) is 0 Å². The number of nitrogens with zero attached hydrogens (tertiary/aromatic N) is 2. The second-order valence-corrected chi connectivity index (χ2v) is 4.96. The second kappa shape index (κ2) is 7.34. The third-order valence-electron chi connectivity index (χ3n) is 3.48. The van der Waals surface area contributed by atoms with Crippen LogP contribution in [-0.4, -0.2) is 49.1 Å². The van der Waals surface area contributed by atoms with Crippen molar-refractivity contribution in [2.24, 2.45) is 0 Å². The maximum atomic E-state index is 2.57. The average molecular weight is 244 g/mol. The zero-order valence-corrected chi connectivity index (χ0v) is 11.4. The van der Waals surface area contributed by atoms with Gasteiger partial charge < -0.3 is 4.90 Å². The second-order valence-electron chi connectivity index (χ2n) is 4.96. The van der Waals surface area contributed by atoms with Gasteiger partial charge in [0.15, 0.2) is 0 Å². The minimum Gasteiger partial charge on any atom is -0.301 e. The van der Waals surface area contributed by atoms with E-state index >= 15 is 0 Å². The van der Waals surface area contributed by atoms with Crippen molar-refractivity contribution in [3.8, 4) is 0 Å². The Labute approximate surface area is 111 Å². The van der Waals surface area contributed by atoms with E-state index in [1.807, 2.05) is 0 Å².